The van der Waals surface area contributed by atoms with Gasteiger partial charge in [-0.3, -0.25) is 0 Å². The molecule has 0 atom stereocenters. The molecule has 1 heterocycles. The Balaban J connectivity index is 0.00000121. The van der Waals surface area contributed by atoms with E-state index in [-0.39, 0.29) is 31.1 Å². The fraction of sp³-hybridized carbons (Fsp3) is 0.833. The van der Waals surface area contributed by atoms with Crippen LogP contribution in [0.4, 0.5) is 0 Å². The summed E-state index contributed by atoms with van der Waals surface area (Å²) in [6.07, 6.45) is 0. The SMILES string of the molecule is CC(C)C1=NCCS(=O)(=O)[N-]1.[Rh+2]. The van der Waals surface area contributed by atoms with E-state index in [1.54, 1.807) is 0 Å². The van der Waals surface area contributed by atoms with Crippen molar-refractivity contribution in [1.82, 2.24) is 0 Å². The van der Waals surface area contributed by atoms with Gasteiger partial charge in [0.05, 0.1) is 5.75 Å². The van der Waals surface area contributed by atoms with Crippen molar-refractivity contribution in [2.75, 3.05) is 12.3 Å². The van der Waals surface area contributed by atoms with Crippen molar-refractivity contribution >= 4 is 15.9 Å². The van der Waals surface area contributed by atoms with Gasteiger partial charge in [0.1, 0.15) is 0 Å². The van der Waals surface area contributed by atoms with Crippen molar-refractivity contribution in [3.05, 3.63) is 4.72 Å². The Morgan fingerprint density at radius 3 is 2.42 bits per heavy atom. The van der Waals surface area contributed by atoms with E-state index in [1.165, 1.54) is 0 Å². The number of amidine groups is 1. The topological polar surface area (TPSA) is 60.6 Å². The minimum Gasteiger partial charge on any atom is -0.467 e. The molecule has 4 nitrogen and oxygen atoms in total. The summed E-state index contributed by atoms with van der Waals surface area (Å²) in [5.41, 5.74) is 0. The second-order valence-corrected chi connectivity index (χ2v) is 4.53. The Labute approximate surface area is 85.6 Å². The zero-order valence-electron chi connectivity index (χ0n) is 6.94. The molecule has 0 N–H and O–H groups in total. The first-order chi connectivity index (χ1) is 5.01. The van der Waals surface area contributed by atoms with Crippen LogP contribution in [0.2, 0.25) is 0 Å². The first kappa shape index (κ1) is 12.0. The summed E-state index contributed by atoms with van der Waals surface area (Å²) in [7, 11) is -3.18. The molecular formula is C6H11N2O2RhS+. The molecule has 0 aliphatic carbocycles. The molecule has 0 unspecified atom stereocenters. The summed E-state index contributed by atoms with van der Waals surface area (Å²) >= 11 is 0. The van der Waals surface area contributed by atoms with Gasteiger partial charge in [-0.2, -0.15) is 0 Å². The monoisotopic (exact) mass is 278 g/mol. The molecule has 0 aromatic heterocycles. The second kappa shape index (κ2) is 4.33. The third kappa shape index (κ3) is 3.19. The maximum atomic E-state index is 10.9. The predicted molar refractivity (Wildman–Crippen MR) is 44.3 cm³/mol. The average Bonchev–Trinajstić information content (AvgIpc) is 1.85. The van der Waals surface area contributed by atoms with Crippen LogP contribution in [0, 0.1) is 5.92 Å². The molecular weight excluding hydrogens is 267 g/mol. The minimum absolute atomic E-state index is 0. The van der Waals surface area contributed by atoms with Gasteiger partial charge >= 0.3 is 19.5 Å². The smallest absolute Gasteiger partial charge is 0.467 e. The molecule has 1 rings (SSSR count). The van der Waals surface area contributed by atoms with Crippen molar-refractivity contribution in [2.24, 2.45) is 10.9 Å². The van der Waals surface area contributed by atoms with Crippen LogP contribution < -0.4 is 0 Å². The van der Waals surface area contributed by atoms with E-state index in [9.17, 15) is 8.42 Å². The third-order valence-electron chi connectivity index (χ3n) is 1.37. The standard InChI is InChI=1S/C6H11N2O2S.Rh/c1-5(2)6-7-3-4-11(9,10)8-6;/h5H,3-4H2,1-2H3;/q-1;+2. The number of aliphatic imine (C=N–C) groups is 1. The van der Waals surface area contributed by atoms with Crippen LogP contribution in [-0.2, 0) is 29.5 Å². The summed E-state index contributed by atoms with van der Waals surface area (Å²) < 4.78 is 25.4. The van der Waals surface area contributed by atoms with Gasteiger partial charge in [-0.25, -0.2) is 8.42 Å². The number of hydrogen-bond acceptors (Lipinski definition) is 3. The van der Waals surface area contributed by atoms with Crippen molar-refractivity contribution in [3.63, 3.8) is 0 Å². The molecule has 0 saturated carbocycles. The van der Waals surface area contributed by atoms with Crippen LogP contribution in [0.3, 0.4) is 0 Å². The fourth-order valence-electron chi connectivity index (χ4n) is 0.781. The van der Waals surface area contributed by atoms with Gasteiger partial charge in [0.15, 0.2) is 10.0 Å². The summed E-state index contributed by atoms with van der Waals surface area (Å²) in [6, 6.07) is 0. The van der Waals surface area contributed by atoms with Crippen LogP contribution >= 0.6 is 0 Å². The molecule has 0 spiro atoms. The van der Waals surface area contributed by atoms with Crippen molar-refractivity contribution in [2.45, 2.75) is 13.8 Å². The Morgan fingerprint density at radius 2 is 2.08 bits per heavy atom. The Bertz CT molecular complexity index is 271. The van der Waals surface area contributed by atoms with Gasteiger partial charge in [-0.05, 0) is 12.5 Å². The van der Waals surface area contributed by atoms with E-state index in [4.69, 9.17) is 0 Å². The third-order valence-corrected chi connectivity index (χ3v) is 2.54. The van der Waals surface area contributed by atoms with E-state index in [0.29, 0.717) is 12.4 Å². The molecule has 71 valence electrons. The molecule has 0 saturated heterocycles. The van der Waals surface area contributed by atoms with Crippen LogP contribution in [0.1, 0.15) is 13.8 Å². The first-order valence-corrected chi connectivity index (χ1v) is 5.12. The maximum absolute atomic E-state index is 10.9. The van der Waals surface area contributed by atoms with Gasteiger partial charge < -0.3 is 9.71 Å². The number of rotatable bonds is 1. The van der Waals surface area contributed by atoms with Gasteiger partial charge in [-0.1, -0.05) is 19.7 Å². The maximum Gasteiger partial charge on any atom is 2.00 e. The molecule has 0 fully saturated rings. The average molecular weight is 278 g/mol. The van der Waals surface area contributed by atoms with Crippen LogP contribution in [0.5, 0.6) is 0 Å². The second-order valence-electron chi connectivity index (χ2n) is 2.77. The first-order valence-electron chi connectivity index (χ1n) is 3.51. The number of hydrogen-bond donors (Lipinski definition) is 0. The van der Waals surface area contributed by atoms with E-state index in [2.05, 4.69) is 9.71 Å². The molecule has 1 radical (unpaired) electrons. The quantitative estimate of drug-likeness (QED) is 0.665. The molecule has 6 heteroatoms. The van der Waals surface area contributed by atoms with Gasteiger partial charge in [-0.15, -0.1) is 0 Å². The molecule has 1 aliphatic heterocycles. The zero-order valence-corrected chi connectivity index (χ0v) is 9.40. The molecule has 0 aromatic rings. The predicted octanol–water partition coefficient (Wildman–Crippen LogP) is 0.756. The molecule has 0 aromatic carbocycles. The summed E-state index contributed by atoms with van der Waals surface area (Å²) in [6.45, 7) is 4.12. The number of sulfonamides is 1. The van der Waals surface area contributed by atoms with E-state index in [1.807, 2.05) is 13.8 Å². The van der Waals surface area contributed by atoms with Crippen LogP contribution in [-0.4, -0.2) is 26.6 Å². The fourth-order valence-corrected chi connectivity index (χ4v) is 1.75. The van der Waals surface area contributed by atoms with E-state index >= 15 is 0 Å². The van der Waals surface area contributed by atoms with Crippen LogP contribution in [0.15, 0.2) is 4.99 Å². The van der Waals surface area contributed by atoms with Crippen molar-refractivity contribution in [1.29, 1.82) is 0 Å². The van der Waals surface area contributed by atoms with Crippen molar-refractivity contribution < 1.29 is 27.9 Å². The Kier molecular flexibility index (Phi) is 4.34. The molecule has 0 amide bonds. The van der Waals surface area contributed by atoms with Crippen LogP contribution in [0.25, 0.3) is 4.72 Å². The zero-order chi connectivity index (χ0) is 8.48. The molecule has 1 aliphatic rings. The largest absolute Gasteiger partial charge is 2.00 e. The molecule has 0 bridgehead atoms. The summed E-state index contributed by atoms with van der Waals surface area (Å²) in [4.78, 5) is 4.00. The van der Waals surface area contributed by atoms with Gasteiger partial charge in [0, 0.05) is 0 Å². The Morgan fingerprint density at radius 1 is 1.50 bits per heavy atom. The number of nitrogens with zero attached hydrogens (tertiary/aromatic N) is 2. The summed E-state index contributed by atoms with van der Waals surface area (Å²) in [5.74, 6) is 0.616. The normalized spacial score (nSPS) is 20.8. The van der Waals surface area contributed by atoms with Gasteiger partial charge in [0.2, 0.25) is 0 Å². The van der Waals surface area contributed by atoms with E-state index in [0.717, 1.165) is 0 Å². The summed E-state index contributed by atoms with van der Waals surface area (Å²) in [5, 5.41) is 0. The molecule has 12 heavy (non-hydrogen) atoms. The minimum atomic E-state index is -3.18. The van der Waals surface area contributed by atoms with Crippen molar-refractivity contribution in [3.8, 4) is 0 Å². The Hall–Kier alpha value is 0.0434. The van der Waals surface area contributed by atoms with E-state index < -0.39 is 10.0 Å². The van der Waals surface area contributed by atoms with Gasteiger partial charge in [0.25, 0.3) is 0 Å².